The molecule has 0 spiro atoms. The van der Waals surface area contributed by atoms with Crippen molar-refractivity contribution in [1.82, 2.24) is 20.0 Å². The Labute approximate surface area is 277 Å². The fraction of sp³-hybridized carbons (Fsp3) is 0.889. The number of carbonyl (C=O) groups is 3. The van der Waals surface area contributed by atoms with Crippen LogP contribution in [0.15, 0.2) is 0 Å². The molecule has 3 saturated carbocycles. The number of rotatable bonds is 4. The zero-order valence-electron chi connectivity index (χ0n) is 29.4. The summed E-state index contributed by atoms with van der Waals surface area (Å²) in [7, 11) is 0. The molecule has 2 heterocycles. The summed E-state index contributed by atoms with van der Waals surface area (Å²) >= 11 is 0. The average molecular weight is 644 g/mol. The molecule has 3 aliphatic carbocycles. The third-order valence-electron chi connectivity index (χ3n) is 11.3. The van der Waals surface area contributed by atoms with Crippen molar-refractivity contribution in [2.45, 2.75) is 142 Å². The molecule has 10 heteroatoms. The molecule has 260 valence electrons. The number of nitrogens with one attached hydrogen (secondary N) is 2. The van der Waals surface area contributed by atoms with Gasteiger partial charge < -0.3 is 19.3 Å². The Kier molecular flexibility index (Phi) is 10.9. The molecule has 2 N–H and O–H groups in total. The van der Waals surface area contributed by atoms with Crippen LogP contribution in [0.3, 0.4) is 0 Å². The van der Waals surface area contributed by atoms with Crippen LogP contribution in [0.1, 0.15) is 119 Å². The van der Waals surface area contributed by atoms with Crippen molar-refractivity contribution in [3.63, 3.8) is 0 Å². The van der Waals surface area contributed by atoms with E-state index in [-0.39, 0.29) is 35.8 Å². The van der Waals surface area contributed by atoms with Gasteiger partial charge in [-0.05, 0) is 110 Å². The maximum absolute atomic E-state index is 14.5. The molecule has 0 bridgehead atoms. The zero-order valence-corrected chi connectivity index (χ0v) is 29.4. The number of amidine groups is 1. The van der Waals surface area contributed by atoms with Crippen molar-refractivity contribution in [2.24, 2.45) is 29.6 Å². The van der Waals surface area contributed by atoms with Gasteiger partial charge in [-0.25, -0.2) is 9.59 Å². The molecular formula is C36H61N5O5. The molecule has 2 saturated heterocycles. The Bertz CT molecular complexity index is 1110. The van der Waals surface area contributed by atoms with E-state index in [9.17, 15) is 14.4 Å². The summed E-state index contributed by atoms with van der Waals surface area (Å²) < 4.78 is 11.1. The molecule has 0 radical (unpaired) electrons. The van der Waals surface area contributed by atoms with Gasteiger partial charge in [0.2, 0.25) is 5.91 Å². The topological polar surface area (TPSA) is 115 Å². The van der Waals surface area contributed by atoms with E-state index >= 15 is 0 Å². The number of hydrogen-bond acceptors (Lipinski definition) is 7. The zero-order chi connectivity index (χ0) is 33.2. The summed E-state index contributed by atoms with van der Waals surface area (Å²) in [6.45, 7) is 14.4. The second kappa shape index (κ2) is 14.4. The molecule has 10 nitrogen and oxygen atoms in total. The Balaban J connectivity index is 1.30. The first-order valence-corrected chi connectivity index (χ1v) is 18.3. The van der Waals surface area contributed by atoms with Gasteiger partial charge in [-0.2, -0.15) is 0 Å². The van der Waals surface area contributed by atoms with E-state index in [1.54, 1.807) is 4.90 Å². The largest absolute Gasteiger partial charge is 0.444 e. The van der Waals surface area contributed by atoms with Crippen LogP contribution in [-0.4, -0.2) is 94.6 Å². The predicted octanol–water partition coefficient (Wildman–Crippen LogP) is 6.42. The monoisotopic (exact) mass is 643 g/mol. The van der Waals surface area contributed by atoms with Crippen LogP contribution in [-0.2, 0) is 14.3 Å². The first-order chi connectivity index (χ1) is 21.7. The minimum Gasteiger partial charge on any atom is -0.444 e. The average Bonchev–Trinajstić information content (AvgIpc) is 3.14. The van der Waals surface area contributed by atoms with Gasteiger partial charge in [-0.15, -0.1) is 0 Å². The van der Waals surface area contributed by atoms with Gasteiger partial charge >= 0.3 is 12.2 Å². The number of nitrogens with zero attached hydrogens (tertiary/aromatic N) is 3. The van der Waals surface area contributed by atoms with Gasteiger partial charge in [0.05, 0.1) is 6.04 Å². The molecule has 7 unspecified atom stereocenters. The third-order valence-corrected chi connectivity index (χ3v) is 11.3. The molecule has 46 heavy (non-hydrogen) atoms. The van der Waals surface area contributed by atoms with E-state index in [1.165, 1.54) is 44.9 Å². The molecule has 0 aromatic heterocycles. The highest BCUT2D eigenvalue weighted by Gasteiger charge is 2.50. The van der Waals surface area contributed by atoms with Crippen molar-refractivity contribution in [3.8, 4) is 0 Å². The van der Waals surface area contributed by atoms with Crippen molar-refractivity contribution >= 4 is 23.9 Å². The summed E-state index contributed by atoms with van der Waals surface area (Å²) in [6.07, 6.45) is 12.5. The van der Waals surface area contributed by atoms with E-state index in [1.807, 2.05) is 46.4 Å². The molecule has 0 aromatic carbocycles. The highest BCUT2D eigenvalue weighted by Crippen LogP contribution is 2.48. The van der Waals surface area contributed by atoms with Crippen LogP contribution in [0, 0.1) is 35.0 Å². The molecule has 7 atom stereocenters. The highest BCUT2D eigenvalue weighted by molar-refractivity contribution is 5.95. The van der Waals surface area contributed by atoms with Gasteiger partial charge in [0.1, 0.15) is 17.0 Å². The van der Waals surface area contributed by atoms with Crippen LogP contribution in [0.25, 0.3) is 0 Å². The minimum absolute atomic E-state index is 0.0560. The van der Waals surface area contributed by atoms with Crippen molar-refractivity contribution in [3.05, 3.63) is 0 Å². The summed E-state index contributed by atoms with van der Waals surface area (Å²) in [5.74, 6) is 2.99. The first-order valence-electron chi connectivity index (χ1n) is 18.3. The summed E-state index contributed by atoms with van der Waals surface area (Å²) in [5.41, 5.74) is -1.17. The molecule has 3 amide bonds. The lowest BCUT2D eigenvalue weighted by Gasteiger charge is -2.45. The van der Waals surface area contributed by atoms with E-state index in [0.717, 1.165) is 50.5 Å². The van der Waals surface area contributed by atoms with Crippen LogP contribution in [0.4, 0.5) is 9.59 Å². The number of likely N-dealkylation sites (tertiary alicyclic amines) is 1. The van der Waals surface area contributed by atoms with Crippen LogP contribution >= 0.6 is 0 Å². The second-order valence-electron chi connectivity index (χ2n) is 16.9. The van der Waals surface area contributed by atoms with Crippen LogP contribution in [0.2, 0.25) is 0 Å². The Morgan fingerprint density at radius 2 is 1.41 bits per heavy atom. The summed E-state index contributed by atoms with van der Waals surface area (Å²) in [6, 6.07) is 0.0569. The molecule has 0 aromatic rings. The van der Waals surface area contributed by atoms with Crippen LogP contribution in [0.5, 0.6) is 0 Å². The quantitative estimate of drug-likeness (QED) is 0.270. The number of fused-ring (bicyclic) bond motifs is 2. The van der Waals surface area contributed by atoms with Gasteiger partial charge in [0.15, 0.2) is 0 Å². The smallest absolute Gasteiger partial charge is 0.413 e. The van der Waals surface area contributed by atoms with Crippen molar-refractivity contribution < 1.29 is 23.9 Å². The van der Waals surface area contributed by atoms with Gasteiger partial charge in [-0.3, -0.25) is 20.4 Å². The normalized spacial score (nSPS) is 32.5. The van der Waals surface area contributed by atoms with E-state index in [0.29, 0.717) is 38.0 Å². The third kappa shape index (κ3) is 8.75. The molecular weight excluding hydrogens is 582 g/mol. The Hall–Kier alpha value is -2.36. The molecule has 5 aliphatic rings. The maximum Gasteiger partial charge on any atom is 0.413 e. The van der Waals surface area contributed by atoms with Gasteiger partial charge in [-0.1, -0.05) is 32.1 Å². The lowest BCUT2D eigenvalue weighted by Crippen LogP contribution is -2.52. The maximum atomic E-state index is 14.5. The molecule has 5 rings (SSSR count). The summed E-state index contributed by atoms with van der Waals surface area (Å²) in [4.78, 5) is 46.1. The number of ether oxygens (including phenoxy) is 2. The Morgan fingerprint density at radius 3 is 2.15 bits per heavy atom. The van der Waals surface area contributed by atoms with E-state index in [2.05, 4.69) is 10.2 Å². The van der Waals surface area contributed by atoms with Gasteiger partial charge in [0.25, 0.3) is 0 Å². The molecule has 2 aliphatic heterocycles. The number of hydrogen-bond donors (Lipinski definition) is 2. The number of carbonyl (C=O) groups excluding carboxylic acids is 3. The predicted molar refractivity (Wildman–Crippen MR) is 179 cm³/mol. The number of alkyl carbamates (subject to hydrolysis) is 1. The summed E-state index contributed by atoms with van der Waals surface area (Å²) in [5, 5.41) is 11.5. The van der Waals surface area contributed by atoms with Gasteiger partial charge in [0, 0.05) is 44.7 Å². The van der Waals surface area contributed by atoms with Crippen molar-refractivity contribution in [1.29, 1.82) is 5.41 Å². The highest BCUT2D eigenvalue weighted by atomic mass is 16.6. The standard InChI is InChI=1S/C36H61N5O5/c1-35(2,3)45-33(43)38-31(37)26-16-15-25-21-30(32(42)39-17-10-18-40(20-19-39)34(44)46-36(4,5)6)41(29(25)22-26)23-27-13-9-12-24-11-7-8-14-28(24)27/h24-30H,7-23H2,1-6H3,(H2,37,38,43). The fourth-order valence-electron chi connectivity index (χ4n) is 9.25. The van der Waals surface area contributed by atoms with Crippen molar-refractivity contribution in [2.75, 3.05) is 32.7 Å². The first kappa shape index (κ1) is 35.0. The van der Waals surface area contributed by atoms with Crippen LogP contribution < -0.4 is 5.32 Å². The lowest BCUT2D eigenvalue weighted by molar-refractivity contribution is -0.137. The lowest BCUT2D eigenvalue weighted by atomic mass is 9.65. The van der Waals surface area contributed by atoms with E-state index in [4.69, 9.17) is 14.9 Å². The SMILES string of the molecule is CC(C)(C)OC(=O)NC(=N)C1CCC2CC(C(=O)N3CCCN(C(=O)OC(C)(C)C)CC3)N(CC3CCCC4CCCCC43)C2C1. The minimum atomic E-state index is -0.619. The van der Waals surface area contributed by atoms with E-state index < -0.39 is 17.3 Å². The second-order valence-corrected chi connectivity index (χ2v) is 16.9. The Morgan fingerprint density at radius 1 is 0.739 bits per heavy atom. The number of amides is 3. The molecule has 5 fully saturated rings. The fourth-order valence-corrected chi connectivity index (χ4v) is 9.25.